The highest BCUT2D eigenvalue weighted by Gasteiger charge is 2.19. The summed E-state index contributed by atoms with van der Waals surface area (Å²) in [6.07, 6.45) is 6.45. The Morgan fingerprint density at radius 1 is 0.812 bits per heavy atom. The molecule has 3 heteroatoms. The van der Waals surface area contributed by atoms with Crippen LogP contribution in [0.4, 0.5) is 0 Å². The Hall–Kier alpha value is -0.120. The number of hydrogen-bond acceptors (Lipinski definition) is 2. The first-order valence-corrected chi connectivity index (χ1v) is 6.91. The second-order valence-electron chi connectivity index (χ2n) is 5.35. The highest BCUT2D eigenvalue weighted by atomic mass is 16.3. The van der Waals surface area contributed by atoms with Gasteiger partial charge in [-0.15, -0.1) is 0 Å². The molecule has 0 atom stereocenters. The highest BCUT2D eigenvalue weighted by molar-refractivity contribution is 4.73. The van der Waals surface area contributed by atoms with Gasteiger partial charge in [0.05, 0.1) is 6.61 Å². The Labute approximate surface area is 99.4 Å². The van der Waals surface area contributed by atoms with Crippen molar-refractivity contribution in [2.75, 3.05) is 45.9 Å². The van der Waals surface area contributed by atoms with Crippen LogP contribution in [0.2, 0.25) is 0 Å². The minimum Gasteiger partial charge on any atom is -0.302 e. The van der Waals surface area contributed by atoms with Gasteiger partial charge in [-0.2, -0.15) is 0 Å². The maximum atomic E-state index is 10.8. The lowest BCUT2D eigenvalue weighted by Crippen LogP contribution is -2.41. The van der Waals surface area contributed by atoms with Crippen molar-refractivity contribution >= 4 is 0 Å². The minimum atomic E-state index is 0.139. The maximum absolute atomic E-state index is 10.8. The van der Waals surface area contributed by atoms with Gasteiger partial charge in [0.1, 0.15) is 0 Å². The average Bonchev–Trinajstić information content (AvgIpc) is 2.38. The van der Waals surface area contributed by atoms with Crippen molar-refractivity contribution in [3.05, 3.63) is 0 Å². The number of nitrogens with zero attached hydrogens (tertiary/aromatic N) is 2. The zero-order chi connectivity index (χ0) is 11.2. The third-order valence-electron chi connectivity index (χ3n) is 4.12. The van der Waals surface area contributed by atoms with Crippen LogP contribution < -0.4 is 0 Å². The SMILES string of the molecule is [O]CC1CCN(CCN2CCCCC2)CC1. The van der Waals surface area contributed by atoms with E-state index in [1.807, 2.05) is 0 Å². The van der Waals surface area contributed by atoms with Gasteiger partial charge < -0.3 is 9.80 Å². The average molecular weight is 225 g/mol. The smallest absolute Gasteiger partial charge is 0.0851 e. The van der Waals surface area contributed by atoms with E-state index >= 15 is 0 Å². The summed E-state index contributed by atoms with van der Waals surface area (Å²) < 4.78 is 0. The summed E-state index contributed by atoms with van der Waals surface area (Å²) in [6, 6.07) is 0. The zero-order valence-corrected chi connectivity index (χ0v) is 10.4. The number of piperidine rings is 2. The van der Waals surface area contributed by atoms with E-state index in [1.54, 1.807) is 0 Å². The summed E-state index contributed by atoms with van der Waals surface area (Å²) in [6.45, 7) is 7.50. The predicted molar refractivity (Wildman–Crippen MR) is 65.0 cm³/mol. The van der Waals surface area contributed by atoms with Crippen molar-refractivity contribution in [1.82, 2.24) is 9.80 Å². The molecule has 2 aliphatic rings. The Kier molecular flexibility index (Phi) is 5.07. The van der Waals surface area contributed by atoms with Crippen LogP contribution in [0.1, 0.15) is 32.1 Å². The number of rotatable bonds is 4. The Morgan fingerprint density at radius 2 is 1.38 bits per heavy atom. The predicted octanol–water partition coefficient (Wildman–Crippen LogP) is 1.61. The molecule has 0 aromatic heterocycles. The van der Waals surface area contributed by atoms with Crippen molar-refractivity contribution in [2.24, 2.45) is 5.92 Å². The van der Waals surface area contributed by atoms with Gasteiger partial charge in [-0.1, -0.05) is 6.42 Å². The van der Waals surface area contributed by atoms with E-state index in [0.717, 1.165) is 25.9 Å². The molecule has 16 heavy (non-hydrogen) atoms. The molecule has 0 saturated carbocycles. The quantitative estimate of drug-likeness (QED) is 0.726. The molecule has 0 amide bonds. The third kappa shape index (κ3) is 3.72. The molecule has 0 spiro atoms. The molecule has 0 aromatic rings. The topological polar surface area (TPSA) is 26.4 Å². The fourth-order valence-electron chi connectivity index (χ4n) is 2.84. The Balaban J connectivity index is 1.59. The van der Waals surface area contributed by atoms with Crippen molar-refractivity contribution in [2.45, 2.75) is 32.1 Å². The summed E-state index contributed by atoms with van der Waals surface area (Å²) >= 11 is 0. The van der Waals surface area contributed by atoms with E-state index in [0.29, 0.717) is 5.92 Å². The maximum Gasteiger partial charge on any atom is 0.0851 e. The van der Waals surface area contributed by atoms with Crippen LogP contribution in [0.25, 0.3) is 0 Å². The molecular weight excluding hydrogens is 200 g/mol. The first-order chi connectivity index (χ1) is 7.88. The molecule has 0 unspecified atom stereocenters. The minimum absolute atomic E-state index is 0.139. The summed E-state index contributed by atoms with van der Waals surface area (Å²) in [5.41, 5.74) is 0. The second kappa shape index (κ2) is 6.58. The van der Waals surface area contributed by atoms with E-state index < -0.39 is 0 Å². The monoisotopic (exact) mass is 225 g/mol. The molecule has 2 rings (SSSR count). The van der Waals surface area contributed by atoms with Gasteiger partial charge in [0.2, 0.25) is 0 Å². The Bertz CT molecular complexity index is 184. The van der Waals surface area contributed by atoms with Crippen LogP contribution in [0, 0.1) is 5.92 Å². The number of likely N-dealkylation sites (tertiary alicyclic amines) is 2. The lowest BCUT2D eigenvalue weighted by atomic mass is 9.98. The van der Waals surface area contributed by atoms with Gasteiger partial charge in [-0.3, -0.25) is 0 Å². The van der Waals surface area contributed by atoms with Crippen molar-refractivity contribution in [3.63, 3.8) is 0 Å². The van der Waals surface area contributed by atoms with E-state index in [4.69, 9.17) is 0 Å². The van der Waals surface area contributed by atoms with Crippen LogP contribution in [-0.2, 0) is 5.11 Å². The van der Waals surface area contributed by atoms with Gasteiger partial charge in [-0.05, 0) is 57.8 Å². The second-order valence-corrected chi connectivity index (χ2v) is 5.35. The van der Waals surface area contributed by atoms with Gasteiger partial charge in [0.15, 0.2) is 0 Å². The van der Waals surface area contributed by atoms with E-state index in [2.05, 4.69) is 9.80 Å². The molecule has 93 valence electrons. The molecule has 3 nitrogen and oxygen atoms in total. The molecule has 2 saturated heterocycles. The molecule has 2 aliphatic heterocycles. The summed E-state index contributed by atoms with van der Waals surface area (Å²) in [5, 5.41) is 10.8. The first kappa shape index (κ1) is 12.3. The highest BCUT2D eigenvalue weighted by Crippen LogP contribution is 2.16. The largest absolute Gasteiger partial charge is 0.302 e. The molecule has 0 aromatic carbocycles. The van der Waals surface area contributed by atoms with Gasteiger partial charge in [-0.25, -0.2) is 5.11 Å². The van der Waals surface area contributed by atoms with E-state index in [9.17, 15) is 5.11 Å². The summed E-state index contributed by atoms with van der Waals surface area (Å²) in [7, 11) is 0. The van der Waals surface area contributed by atoms with E-state index in [-0.39, 0.29) is 6.61 Å². The molecular formula is C13H25N2O. The Morgan fingerprint density at radius 3 is 1.94 bits per heavy atom. The third-order valence-corrected chi connectivity index (χ3v) is 4.12. The molecule has 1 radical (unpaired) electrons. The molecule has 0 bridgehead atoms. The number of hydrogen-bond donors (Lipinski definition) is 0. The molecule has 2 fully saturated rings. The van der Waals surface area contributed by atoms with Crippen molar-refractivity contribution in [1.29, 1.82) is 0 Å². The zero-order valence-electron chi connectivity index (χ0n) is 10.4. The first-order valence-electron chi connectivity index (χ1n) is 6.91. The molecule has 0 aliphatic carbocycles. The fourth-order valence-corrected chi connectivity index (χ4v) is 2.84. The standard InChI is InChI=1S/C13H25N2O/c16-12-13-4-8-15(9-5-13)11-10-14-6-2-1-3-7-14/h13H,1-12H2. The van der Waals surface area contributed by atoms with E-state index in [1.165, 1.54) is 45.4 Å². The van der Waals surface area contributed by atoms with Crippen molar-refractivity contribution in [3.8, 4) is 0 Å². The summed E-state index contributed by atoms with van der Waals surface area (Å²) in [4.78, 5) is 5.14. The molecule has 0 N–H and O–H groups in total. The van der Waals surface area contributed by atoms with Gasteiger partial charge in [0, 0.05) is 13.1 Å². The van der Waals surface area contributed by atoms with Gasteiger partial charge in [0.25, 0.3) is 0 Å². The van der Waals surface area contributed by atoms with Crippen LogP contribution >= 0.6 is 0 Å². The van der Waals surface area contributed by atoms with Crippen LogP contribution in [0.3, 0.4) is 0 Å². The fraction of sp³-hybridized carbons (Fsp3) is 1.00. The van der Waals surface area contributed by atoms with Crippen LogP contribution in [0.5, 0.6) is 0 Å². The van der Waals surface area contributed by atoms with Gasteiger partial charge >= 0.3 is 0 Å². The molecule has 2 heterocycles. The van der Waals surface area contributed by atoms with Crippen LogP contribution in [0.15, 0.2) is 0 Å². The summed E-state index contributed by atoms with van der Waals surface area (Å²) in [5.74, 6) is 0.464. The van der Waals surface area contributed by atoms with Crippen LogP contribution in [-0.4, -0.2) is 55.7 Å². The van der Waals surface area contributed by atoms with Crippen molar-refractivity contribution < 1.29 is 5.11 Å². The lowest BCUT2D eigenvalue weighted by molar-refractivity contribution is 0.0849. The normalized spacial score (nSPS) is 26.1. The lowest BCUT2D eigenvalue weighted by Gasteiger charge is -2.33.